The van der Waals surface area contributed by atoms with Crippen LogP contribution >= 0.6 is 23.1 Å². The van der Waals surface area contributed by atoms with Gasteiger partial charge in [-0.2, -0.15) is 4.37 Å². The summed E-state index contributed by atoms with van der Waals surface area (Å²) in [4.78, 5) is 37.6. The van der Waals surface area contributed by atoms with Crippen molar-refractivity contribution in [3.8, 4) is 0 Å². The number of carbonyl (C=O) groups is 1. The monoisotopic (exact) mass is 392 g/mol. The number of halogens is 1. The topological polar surface area (TPSA) is 86.0 Å². The Hall–Kier alpha value is -2.45. The average Bonchev–Trinajstić information content (AvgIpc) is 3.08. The molecule has 0 saturated heterocycles. The molecule has 1 N–H and O–H groups in total. The minimum Gasteiger partial charge on any atom is -0.324 e. The number of amides is 1. The first-order valence-electron chi connectivity index (χ1n) is 8.06. The summed E-state index contributed by atoms with van der Waals surface area (Å²) < 4.78 is 6.49. The molecule has 0 aliphatic rings. The first-order valence-corrected chi connectivity index (χ1v) is 9.27. The van der Waals surface area contributed by atoms with Gasteiger partial charge in [-0.3, -0.25) is 18.7 Å². The van der Waals surface area contributed by atoms with Gasteiger partial charge in [-0.25, -0.2) is 4.79 Å². The molecule has 0 aliphatic carbocycles. The number of nitrogens with zero attached hydrogens (tertiary/aromatic N) is 3. The summed E-state index contributed by atoms with van der Waals surface area (Å²) in [6, 6.07) is 5.18. The molecule has 7 nitrogen and oxygen atoms in total. The molecule has 0 bridgehead atoms. The molecule has 0 aliphatic heterocycles. The summed E-state index contributed by atoms with van der Waals surface area (Å²) in [5, 5.41) is 4.87. The van der Waals surface area contributed by atoms with Gasteiger partial charge in [0.1, 0.15) is 6.54 Å². The van der Waals surface area contributed by atoms with Gasteiger partial charge in [0.05, 0.1) is 5.52 Å². The molecule has 0 saturated carbocycles. The van der Waals surface area contributed by atoms with Crippen LogP contribution in [0.15, 0.2) is 33.2 Å². The lowest BCUT2D eigenvalue weighted by molar-refractivity contribution is -0.116. The Balaban J connectivity index is 1.99. The van der Waals surface area contributed by atoms with Gasteiger partial charge >= 0.3 is 5.69 Å². The number of hydrogen-bond acceptors (Lipinski definition) is 5. The molecule has 136 valence electrons. The first-order chi connectivity index (χ1) is 12.4. The van der Waals surface area contributed by atoms with E-state index in [0.717, 1.165) is 21.7 Å². The lowest BCUT2D eigenvalue weighted by Gasteiger charge is -2.12. The van der Waals surface area contributed by atoms with E-state index in [1.165, 1.54) is 4.57 Å². The van der Waals surface area contributed by atoms with Crippen LogP contribution in [-0.2, 0) is 17.9 Å². The Morgan fingerprint density at radius 1 is 1.31 bits per heavy atom. The van der Waals surface area contributed by atoms with Gasteiger partial charge in [-0.15, -0.1) is 0 Å². The van der Waals surface area contributed by atoms with Crippen LogP contribution in [0.2, 0.25) is 5.02 Å². The number of fused-ring (bicyclic) bond motifs is 1. The molecule has 3 aromatic rings. The minimum absolute atomic E-state index is 0.204. The summed E-state index contributed by atoms with van der Waals surface area (Å²) >= 11 is 7.05. The molecule has 0 fully saturated rings. The van der Waals surface area contributed by atoms with Crippen molar-refractivity contribution in [2.45, 2.75) is 33.4 Å². The standard InChI is InChI=1S/C17H17ClN4O3S/c1-3-6-21-16(24)15-13(9-26-20-15)22(17(21)25)8-14(23)19-12-7-11(18)5-4-10(12)2/h4-5,7,9H,3,6,8H2,1-2H3,(H,19,23). The summed E-state index contributed by atoms with van der Waals surface area (Å²) in [5.41, 5.74) is 1.08. The van der Waals surface area contributed by atoms with Crippen molar-refractivity contribution in [3.05, 3.63) is 55.0 Å². The molecule has 26 heavy (non-hydrogen) atoms. The van der Waals surface area contributed by atoms with Gasteiger partial charge in [0.25, 0.3) is 5.56 Å². The number of benzene rings is 1. The highest BCUT2D eigenvalue weighted by Gasteiger charge is 2.17. The van der Waals surface area contributed by atoms with Crippen molar-refractivity contribution in [2.24, 2.45) is 0 Å². The maximum Gasteiger partial charge on any atom is 0.332 e. The van der Waals surface area contributed by atoms with Crippen molar-refractivity contribution >= 4 is 45.8 Å². The summed E-state index contributed by atoms with van der Waals surface area (Å²) in [6.07, 6.45) is 0.624. The third-order valence-electron chi connectivity index (χ3n) is 3.97. The summed E-state index contributed by atoms with van der Waals surface area (Å²) in [5.74, 6) is -0.383. The van der Waals surface area contributed by atoms with E-state index in [-0.39, 0.29) is 24.5 Å². The van der Waals surface area contributed by atoms with Crippen molar-refractivity contribution in [1.82, 2.24) is 13.5 Å². The van der Waals surface area contributed by atoms with Crippen LogP contribution in [0.1, 0.15) is 18.9 Å². The Morgan fingerprint density at radius 3 is 2.81 bits per heavy atom. The largest absolute Gasteiger partial charge is 0.332 e. The van der Waals surface area contributed by atoms with Gasteiger partial charge < -0.3 is 5.32 Å². The van der Waals surface area contributed by atoms with Crippen molar-refractivity contribution in [2.75, 3.05) is 5.32 Å². The Bertz CT molecular complexity index is 1100. The Labute approximate surface area is 158 Å². The van der Waals surface area contributed by atoms with Crippen LogP contribution in [0.3, 0.4) is 0 Å². The second-order valence-electron chi connectivity index (χ2n) is 5.88. The molecule has 2 heterocycles. The molecule has 0 unspecified atom stereocenters. The maximum absolute atomic E-state index is 12.7. The molecule has 9 heteroatoms. The van der Waals surface area contributed by atoms with Crippen LogP contribution in [0.25, 0.3) is 11.0 Å². The highest BCUT2D eigenvalue weighted by Crippen LogP contribution is 2.20. The van der Waals surface area contributed by atoms with E-state index in [1.807, 2.05) is 13.8 Å². The first kappa shape index (κ1) is 18.3. The number of nitrogens with one attached hydrogen (secondary N) is 1. The third kappa shape index (κ3) is 3.42. The van der Waals surface area contributed by atoms with E-state index in [0.29, 0.717) is 22.6 Å². The number of rotatable bonds is 5. The van der Waals surface area contributed by atoms with E-state index in [4.69, 9.17) is 11.6 Å². The number of hydrogen-bond donors (Lipinski definition) is 1. The van der Waals surface area contributed by atoms with Gasteiger partial charge in [0.15, 0.2) is 5.52 Å². The zero-order valence-electron chi connectivity index (χ0n) is 14.3. The predicted octanol–water partition coefficient (Wildman–Crippen LogP) is 2.63. The molecular formula is C17H17ClN4O3S. The fourth-order valence-corrected chi connectivity index (χ4v) is 3.51. The number of carbonyl (C=O) groups excluding carboxylic acids is 1. The lowest BCUT2D eigenvalue weighted by atomic mass is 10.2. The predicted molar refractivity (Wildman–Crippen MR) is 103 cm³/mol. The SMILES string of the molecule is CCCn1c(=O)c2nscc2n(CC(=O)Nc2cc(Cl)ccc2C)c1=O. The van der Waals surface area contributed by atoms with E-state index < -0.39 is 11.2 Å². The second-order valence-corrected chi connectivity index (χ2v) is 6.95. The number of aryl methyl sites for hydroxylation is 1. The molecule has 3 rings (SSSR count). The Morgan fingerprint density at radius 2 is 2.08 bits per heavy atom. The van der Waals surface area contributed by atoms with Gasteiger partial charge in [-0.05, 0) is 42.6 Å². The highest BCUT2D eigenvalue weighted by atomic mass is 35.5. The molecule has 2 aromatic heterocycles. The van der Waals surface area contributed by atoms with Crippen LogP contribution < -0.4 is 16.6 Å². The van der Waals surface area contributed by atoms with Crippen LogP contribution in [-0.4, -0.2) is 19.4 Å². The maximum atomic E-state index is 12.7. The minimum atomic E-state index is -0.512. The molecule has 1 aromatic carbocycles. The molecular weight excluding hydrogens is 376 g/mol. The van der Waals surface area contributed by atoms with Gasteiger partial charge in [0.2, 0.25) is 5.91 Å². The van der Waals surface area contributed by atoms with E-state index in [1.54, 1.807) is 23.6 Å². The lowest BCUT2D eigenvalue weighted by Crippen LogP contribution is -2.41. The van der Waals surface area contributed by atoms with Gasteiger partial charge in [-0.1, -0.05) is 24.6 Å². The fourth-order valence-electron chi connectivity index (χ4n) is 2.67. The van der Waals surface area contributed by atoms with E-state index in [2.05, 4.69) is 9.69 Å². The molecule has 1 amide bonds. The van der Waals surface area contributed by atoms with Crippen LogP contribution in [0, 0.1) is 6.92 Å². The molecule has 0 radical (unpaired) electrons. The smallest absolute Gasteiger partial charge is 0.324 e. The zero-order valence-corrected chi connectivity index (χ0v) is 15.9. The van der Waals surface area contributed by atoms with Crippen molar-refractivity contribution < 1.29 is 4.79 Å². The number of anilines is 1. The summed E-state index contributed by atoms with van der Waals surface area (Å²) in [7, 11) is 0. The van der Waals surface area contributed by atoms with Crippen molar-refractivity contribution in [3.63, 3.8) is 0 Å². The van der Waals surface area contributed by atoms with Crippen LogP contribution in [0.4, 0.5) is 5.69 Å². The fraction of sp³-hybridized carbons (Fsp3) is 0.294. The van der Waals surface area contributed by atoms with E-state index in [9.17, 15) is 14.4 Å². The van der Waals surface area contributed by atoms with Crippen molar-refractivity contribution in [1.29, 1.82) is 0 Å². The van der Waals surface area contributed by atoms with Crippen LogP contribution in [0.5, 0.6) is 0 Å². The molecule has 0 spiro atoms. The molecule has 0 atom stereocenters. The normalized spacial score (nSPS) is 11.0. The Kier molecular flexibility index (Phi) is 5.24. The highest BCUT2D eigenvalue weighted by molar-refractivity contribution is 7.04. The van der Waals surface area contributed by atoms with Gasteiger partial charge in [0, 0.05) is 22.6 Å². The quantitative estimate of drug-likeness (QED) is 0.723. The number of aromatic nitrogens is 3. The second kappa shape index (κ2) is 7.43. The zero-order chi connectivity index (χ0) is 18.8. The third-order valence-corrected chi connectivity index (χ3v) is 4.83. The summed E-state index contributed by atoms with van der Waals surface area (Å²) in [6.45, 7) is 3.78. The average molecular weight is 393 g/mol. The van der Waals surface area contributed by atoms with E-state index >= 15 is 0 Å².